The fraction of sp³-hybridized carbons (Fsp3) is 0.286. The number of likely N-dealkylation sites (tertiary alicyclic amines) is 1. The summed E-state index contributed by atoms with van der Waals surface area (Å²) in [6, 6.07) is 13.7. The Kier molecular flexibility index (Phi) is 4.70. The highest BCUT2D eigenvalue weighted by atomic mass is 35.5. The molecule has 1 aliphatic heterocycles. The van der Waals surface area contributed by atoms with Crippen molar-refractivity contribution >= 4 is 28.5 Å². The predicted octanol–water partition coefficient (Wildman–Crippen LogP) is 4.90. The lowest BCUT2D eigenvalue weighted by Crippen LogP contribution is -2.32. The minimum absolute atomic E-state index is 0.161. The Morgan fingerprint density at radius 3 is 2.69 bits per heavy atom. The molecule has 1 saturated heterocycles. The van der Waals surface area contributed by atoms with Crippen molar-refractivity contribution in [3.8, 4) is 0 Å². The summed E-state index contributed by atoms with van der Waals surface area (Å²) in [5, 5.41) is 10.7. The number of hydrogen-bond donors (Lipinski definition) is 2. The van der Waals surface area contributed by atoms with E-state index < -0.39 is 5.97 Å². The van der Waals surface area contributed by atoms with Crippen LogP contribution in [0.1, 0.15) is 40.2 Å². The van der Waals surface area contributed by atoms with Crippen molar-refractivity contribution in [3.63, 3.8) is 0 Å². The van der Waals surface area contributed by atoms with Gasteiger partial charge in [-0.15, -0.1) is 0 Å². The number of piperidine rings is 1. The van der Waals surface area contributed by atoms with E-state index in [0.29, 0.717) is 10.9 Å². The number of fused-ring (bicyclic) bond motifs is 1. The van der Waals surface area contributed by atoms with Gasteiger partial charge in [0.2, 0.25) is 0 Å². The molecule has 0 amide bonds. The van der Waals surface area contributed by atoms with E-state index in [9.17, 15) is 4.79 Å². The van der Waals surface area contributed by atoms with Crippen molar-refractivity contribution < 1.29 is 9.90 Å². The molecule has 0 spiro atoms. The van der Waals surface area contributed by atoms with Crippen molar-refractivity contribution in [3.05, 3.63) is 70.4 Å². The number of rotatable bonds is 4. The Bertz CT molecular complexity index is 942. The summed E-state index contributed by atoms with van der Waals surface area (Å²) in [5.74, 6) is -0.401. The molecule has 0 atom stereocenters. The number of H-pyrrole nitrogens is 1. The molecule has 0 aliphatic carbocycles. The Labute approximate surface area is 157 Å². The fourth-order valence-electron chi connectivity index (χ4n) is 3.92. The number of carboxylic acid groups (broad SMARTS) is 1. The van der Waals surface area contributed by atoms with Crippen LogP contribution in [0.3, 0.4) is 0 Å². The van der Waals surface area contributed by atoms with Crippen LogP contribution in [0.25, 0.3) is 10.9 Å². The van der Waals surface area contributed by atoms with Gasteiger partial charge in [-0.25, -0.2) is 4.79 Å². The second-order valence-corrected chi connectivity index (χ2v) is 7.37. The Balaban J connectivity index is 1.41. The quantitative estimate of drug-likeness (QED) is 0.688. The van der Waals surface area contributed by atoms with E-state index in [1.54, 1.807) is 12.1 Å². The highest BCUT2D eigenvalue weighted by molar-refractivity contribution is 6.33. The van der Waals surface area contributed by atoms with Gasteiger partial charge >= 0.3 is 5.97 Å². The van der Waals surface area contributed by atoms with Gasteiger partial charge in [0.25, 0.3) is 0 Å². The molecule has 1 aromatic heterocycles. The van der Waals surface area contributed by atoms with E-state index in [-0.39, 0.29) is 5.56 Å². The number of aromatic amines is 1. The van der Waals surface area contributed by atoms with Gasteiger partial charge in [-0.2, -0.15) is 0 Å². The number of hydrogen-bond acceptors (Lipinski definition) is 2. The maximum absolute atomic E-state index is 11.1. The first kappa shape index (κ1) is 17.1. The minimum Gasteiger partial charge on any atom is -0.478 e. The monoisotopic (exact) mass is 368 g/mol. The molecule has 4 nitrogen and oxygen atoms in total. The third kappa shape index (κ3) is 3.35. The van der Waals surface area contributed by atoms with Crippen LogP contribution in [-0.2, 0) is 6.54 Å². The average Bonchev–Trinajstić information content (AvgIpc) is 3.06. The molecule has 0 unspecified atom stereocenters. The Hall–Kier alpha value is -2.30. The number of para-hydroxylation sites is 1. The first-order chi connectivity index (χ1) is 12.6. The van der Waals surface area contributed by atoms with E-state index in [1.807, 2.05) is 6.07 Å². The number of nitrogens with one attached hydrogen (secondary N) is 1. The van der Waals surface area contributed by atoms with Gasteiger partial charge in [-0.3, -0.25) is 4.90 Å². The van der Waals surface area contributed by atoms with E-state index in [0.717, 1.165) is 38.0 Å². The number of halogens is 1. The third-order valence-electron chi connectivity index (χ3n) is 5.32. The molecule has 5 heteroatoms. The minimum atomic E-state index is -0.985. The molecule has 1 fully saturated rings. The van der Waals surface area contributed by atoms with Crippen LogP contribution in [-0.4, -0.2) is 34.0 Å². The van der Waals surface area contributed by atoms with Crippen LogP contribution in [0.4, 0.5) is 0 Å². The topological polar surface area (TPSA) is 56.3 Å². The molecule has 4 rings (SSSR count). The molecule has 0 saturated carbocycles. The Morgan fingerprint density at radius 2 is 1.96 bits per heavy atom. The molecule has 2 heterocycles. The SMILES string of the molecule is O=C(O)c1ccc(CN2CCC(c3c[nH]c4ccccc34)CC2)cc1Cl. The summed E-state index contributed by atoms with van der Waals surface area (Å²) in [7, 11) is 0. The summed E-state index contributed by atoms with van der Waals surface area (Å²) in [6.07, 6.45) is 4.42. The lowest BCUT2D eigenvalue weighted by atomic mass is 9.89. The molecule has 0 bridgehead atoms. The number of aromatic nitrogens is 1. The lowest BCUT2D eigenvalue weighted by molar-refractivity contribution is 0.0697. The van der Waals surface area contributed by atoms with Gasteiger partial charge in [0, 0.05) is 23.6 Å². The number of nitrogens with zero attached hydrogens (tertiary/aromatic N) is 1. The van der Waals surface area contributed by atoms with Crippen LogP contribution in [0.15, 0.2) is 48.7 Å². The zero-order valence-corrected chi connectivity index (χ0v) is 15.2. The van der Waals surface area contributed by atoms with Crippen LogP contribution < -0.4 is 0 Å². The van der Waals surface area contributed by atoms with Gasteiger partial charge in [-0.05, 0) is 61.2 Å². The van der Waals surface area contributed by atoms with E-state index in [1.165, 1.54) is 16.5 Å². The molecule has 26 heavy (non-hydrogen) atoms. The van der Waals surface area contributed by atoms with Gasteiger partial charge < -0.3 is 10.1 Å². The van der Waals surface area contributed by atoms with Crippen molar-refractivity contribution in [2.45, 2.75) is 25.3 Å². The van der Waals surface area contributed by atoms with Gasteiger partial charge in [0.1, 0.15) is 0 Å². The number of carbonyl (C=O) groups is 1. The predicted molar refractivity (Wildman–Crippen MR) is 104 cm³/mol. The highest BCUT2D eigenvalue weighted by Crippen LogP contribution is 2.33. The van der Waals surface area contributed by atoms with Crippen molar-refractivity contribution in [1.29, 1.82) is 0 Å². The maximum atomic E-state index is 11.1. The van der Waals surface area contributed by atoms with Crippen LogP contribution >= 0.6 is 11.6 Å². The van der Waals surface area contributed by atoms with Crippen molar-refractivity contribution in [1.82, 2.24) is 9.88 Å². The summed E-state index contributed by atoms with van der Waals surface area (Å²) in [5.41, 5.74) is 3.85. The molecule has 0 radical (unpaired) electrons. The summed E-state index contributed by atoms with van der Waals surface area (Å²) < 4.78 is 0. The summed E-state index contributed by atoms with van der Waals surface area (Å²) in [6.45, 7) is 2.87. The molecule has 3 aromatic rings. The third-order valence-corrected chi connectivity index (χ3v) is 5.63. The zero-order valence-electron chi connectivity index (χ0n) is 14.4. The van der Waals surface area contributed by atoms with Gasteiger partial charge in [0.05, 0.1) is 10.6 Å². The number of aromatic carboxylic acids is 1. The molecule has 2 N–H and O–H groups in total. The fourth-order valence-corrected chi connectivity index (χ4v) is 4.21. The lowest BCUT2D eigenvalue weighted by Gasteiger charge is -2.32. The number of carboxylic acids is 1. The standard InChI is InChI=1S/C21H21ClN2O2/c22-19-11-14(5-6-17(19)21(25)26)13-24-9-7-15(8-10-24)18-12-23-20-4-2-1-3-16(18)20/h1-6,11-12,15,23H,7-10,13H2,(H,25,26). The first-order valence-corrected chi connectivity index (χ1v) is 9.29. The second kappa shape index (κ2) is 7.14. The molecule has 134 valence electrons. The average molecular weight is 369 g/mol. The van der Waals surface area contributed by atoms with Crippen molar-refractivity contribution in [2.24, 2.45) is 0 Å². The number of benzene rings is 2. The maximum Gasteiger partial charge on any atom is 0.337 e. The highest BCUT2D eigenvalue weighted by Gasteiger charge is 2.23. The summed E-state index contributed by atoms with van der Waals surface area (Å²) in [4.78, 5) is 16.9. The Morgan fingerprint density at radius 1 is 1.19 bits per heavy atom. The van der Waals surface area contributed by atoms with Gasteiger partial charge in [0.15, 0.2) is 0 Å². The normalized spacial score (nSPS) is 16.2. The van der Waals surface area contributed by atoms with E-state index in [4.69, 9.17) is 16.7 Å². The van der Waals surface area contributed by atoms with E-state index in [2.05, 4.69) is 40.3 Å². The van der Waals surface area contributed by atoms with Crippen LogP contribution in [0, 0.1) is 0 Å². The summed E-state index contributed by atoms with van der Waals surface area (Å²) >= 11 is 6.09. The molecular formula is C21H21ClN2O2. The van der Waals surface area contributed by atoms with Crippen molar-refractivity contribution in [2.75, 3.05) is 13.1 Å². The zero-order chi connectivity index (χ0) is 18.1. The van der Waals surface area contributed by atoms with E-state index >= 15 is 0 Å². The second-order valence-electron chi connectivity index (χ2n) is 6.96. The molecular weight excluding hydrogens is 348 g/mol. The first-order valence-electron chi connectivity index (χ1n) is 8.92. The van der Waals surface area contributed by atoms with Gasteiger partial charge in [-0.1, -0.05) is 35.9 Å². The van der Waals surface area contributed by atoms with Crippen LogP contribution in [0.5, 0.6) is 0 Å². The molecule has 1 aliphatic rings. The molecule has 2 aromatic carbocycles. The smallest absolute Gasteiger partial charge is 0.337 e. The van der Waals surface area contributed by atoms with Crippen LogP contribution in [0.2, 0.25) is 5.02 Å². The largest absolute Gasteiger partial charge is 0.478 e.